The minimum Gasteiger partial charge on any atom is -0.332 e. The number of hydrogen-bond donors (Lipinski definition) is 2. The van der Waals surface area contributed by atoms with Crippen molar-refractivity contribution in [3.8, 4) is 0 Å². The molecular weight excluding hydrogens is 407 g/mol. The van der Waals surface area contributed by atoms with E-state index in [9.17, 15) is 4.79 Å². The number of carbonyl (C=O) groups is 1. The van der Waals surface area contributed by atoms with Gasteiger partial charge in [-0.3, -0.25) is 10.1 Å². The number of benzene rings is 2. The number of nitrogens with one attached hydrogen (secondary N) is 2. The van der Waals surface area contributed by atoms with Gasteiger partial charge in [-0.2, -0.15) is 0 Å². The van der Waals surface area contributed by atoms with E-state index in [4.69, 9.17) is 12.2 Å². The number of rotatable bonds is 3. The van der Waals surface area contributed by atoms with E-state index in [2.05, 4.69) is 53.1 Å². The van der Waals surface area contributed by atoms with Crippen LogP contribution in [-0.2, 0) is 0 Å². The molecule has 0 heterocycles. The van der Waals surface area contributed by atoms with E-state index >= 15 is 0 Å². The molecule has 2 rings (SSSR count). The van der Waals surface area contributed by atoms with Crippen LogP contribution < -0.4 is 10.6 Å². The van der Waals surface area contributed by atoms with Crippen LogP contribution in [-0.4, -0.2) is 11.0 Å². The smallest absolute Gasteiger partial charge is 0.258 e. The lowest BCUT2D eigenvalue weighted by Crippen LogP contribution is -2.34. The highest BCUT2D eigenvalue weighted by atomic mass is 127. The zero-order chi connectivity index (χ0) is 16.1. The predicted molar refractivity (Wildman–Crippen MR) is 103 cm³/mol. The monoisotopic (exact) mass is 424 g/mol. The third kappa shape index (κ3) is 4.27. The molecule has 0 unspecified atom stereocenters. The van der Waals surface area contributed by atoms with Crippen LogP contribution in [0.15, 0.2) is 48.5 Å². The first-order valence-electron chi connectivity index (χ1n) is 6.95. The molecule has 0 saturated carbocycles. The van der Waals surface area contributed by atoms with Crippen LogP contribution in [0.4, 0.5) is 5.69 Å². The van der Waals surface area contributed by atoms with Gasteiger partial charge < -0.3 is 5.32 Å². The van der Waals surface area contributed by atoms with Crippen molar-refractivity contribution in [2.45, 2.75) is 19.8 Å². The van der Waals surface area contributed by atoms with Gasteiger partial charge in [-0.15, -0.1) is 0 Å². The Bertz CT molecular complexity index is 701. The van der Waals surface area contributed by atoms with Gasteiger partial charge in [0.2, 0.25) is 0 Å². The van der Waals surface area contributed by atoms with Crippen molar-refractivity contribution in [2.75, 3.05) is 5.32 Å². The van der Waals surface area contributed by atoms with Gasteiger partial charge in [0.25, 0.3) is 5.91 Å². The first-order chi connectivity index (χ1) is 10.5. The van der Waals surface area contributed by atoms with Gasteiger partial charge in [0.15, 0.2) is 5.11 Å². The molecule has 0 aromatic heterocycles. The lowest BCUT2D eigenvalue weighted by atomic mass is 10.0. The molecule has 0 aliphatic heterocycles. The number of para-hydroxylation sites is 1. The molecule has 2 aromatic rings. The van der Waals surface area contributed by atoms with E-state index < -0.39 is 0 Å². The zero-order valence-corrected chi connectivity index (χ0v) is 15.4. The lowest BCUT2D eigenvalue weighted by molar-refractivity contribution is 0.0977. The average molecular weight is 424 g/mol. The quantitative estimate of drug-likeness (QED) is 0.562. The molecule has 5 heteroatoms. The number of anilines is 1. The van der Waals surface area contributed by atoms with Gasteiger partial charge in [0.1, 0.15) is 0 Å². The Labute approximate surface area is 149 Å². The molecule has 0 spiro atoms. The first kappa shape index (κ1) is 16.9. The largest absolute Gasteiger partial charge is 0.332 e. The van der Waals surface area contributed by atoms with E-state index in [0.29, 0.717) is 16.6 Å². The minimum atomic E-state index is -0.204. The Morgan fingerprint density at radius 1 is 1.09 bits per heavy atom. The van der Waals surface area contributed by atoms with E-state index in [1.54, 1.807) is 6.07 Å². The third-order valence-corrected chi connectivity index (χ3v) is 4.32. The Balaban J connectivity index is 2.08. The zero-order valence-electron chi connectivity index (χ0n) is 12.4. The van der Waals surface area contributed by atoms with E-state index in [0.717, 1.165) is 14.8 Å². The normalized spacial score (nSPS) is 10.4. The lowest BCUT2D eigenvalue weighted by Gasteiger charge is -2.15. The average Bonchev–Trinajstić information content (AvgIpc) is 2.47. The number of halogens is 1. The molecule has 0 aliphatic carbocycles. The van der Waals surface area contributed by atoms with Gasteiger partial charge in [-0.25, -0.2) is 0 Å². The summed E-state index contributed by atoms with van der Waals surface area (Å²) >= 11 is 7.39. The van der Waals surface area contributed by atoms with Crippen molar-refractivity contribution in [1.82, 2.24) is 5.32 Å². The van der Waals surface area contributed by atoms with Crippen molar-refractivity contribution < 1.29 is 4.79 Å². The molecule has 0 bridgehead atoms. The Kier molecular flexibility index (Phi) is 5.90. The molecule has 0 fully saturated rings. The Morgan fingerprint density at radius 3 is 2.41 bits per heavy atom. The molecule has 0 atom stereocenters. The second-order valence-corrected chi connectivity index (χ2v) is 6.70. The van der Waals surface area contributed by atoms with Crippen LogP contribution in [0.3, 0.4) is 0 Å². The summed E-state index contributed by atoms with van der Waals surface area (Å²) in [6.45, 7) is 4.24. The van der Waals surface area contributed by atoms with Crippen LogP contribution in [0, 0.1) is 3.57 Å². The highest BCUT2D eigenvalue weighted by Gasteiger charge is 2.12. The predicted octanol–water partition coefficient (Wildman–Crippen LogP) is 4.54. The third-order valence-electron chi connectivity index (χ3n) is 3.18. The van der Waals surface area contributed by atoms with E-state index in [-0.39, 0.29) is 5.91 Å². The molecule has 22 heavy (non-hydrogen) atoms. The van der Waals surface area contributed by atoms with Gasteiger partial charge >= 0.3 is 0 Å². The van der Waals surface area contributed by atoms with Gasteiger partial charge in [0, 0.05) is 9.26 Å². The Hall–Kier alpha value is -1.47. The van der Waals surface area contributed by atoms with Crippen molar-refractivity contribution in [3.63, 3.8) is 0 Å². The minimum absolute atomic E-state index is 0.204. The number of thiocarbonyl (C=S) groups is 1. The summed E-state index contributed by atoms with van der Waals surface area (Å²) < 4.78 is 0.892. The Morgan fingerprint density at radius 2 is 1.73 bits per heavy atom. The van der Waals surface area contributed by atoms with Crippen LogP contribution in [0.5, 0.6) is 0 Å². The van der Waals surface area contributed by atoms with Crippen molar-refractivity contribution in [2.24, 2.45) is 0 Å². The summed E-state index contributed by atoms with van der Waals surface area (Å²) in [7, 11) is 0. The molecule has 2 aromatic carbocycles. The van der Waals surface area contributed by atoms with Gasteiger partial charge in [-0.05, 0) is 64.5 Å². The molecule has 0 radical (unpaired) electrons. The summed E-state index contributed by atoms with van der Waals surface area (Å²) in [6.07, 6.45) is 0. The molecule has 1 amide bonds. The molecule has 2 N–H and O–H groups in total. The summed E-state index contributed by atoms with van der Waals surface area (Å²) in [6, 6.07) is 15.3. The first-order valence-corrected chi connectivity index (χ1v) is 8.43. The highest BCUT2D eigenvalue weighted by Crippen LogP contribution is 2.23. The maximum Gasteiger partial charge on any atom is 0.258 e. The van der Waals surface area contributed by atoms with Gasteiger partial charge in [-0.1, -0.05) is 44.2 Å². The number of hydrogen-bond acceptors (Lipinski definition) is 2. The summed E-state index contributed by atoms with van der Waals surface area (Å²) in [5, 5.41) is 6.14. The fourth-order valence-corrected chi connectivity index (χ4v) is 2.92. The fourth-order valence-electron chi connectivity index (χ4n) is 2.08. The highest BCUT2D eigenvalue weighted by molar-refractivity contribution is 14.1. The standard InChI is InChI=1S/C17H17IN2OS/c1-11(2)12-7-4-6-10-15(12)19-17(22)20-16(21)13-8-3-5-9-14(13)18/h3-11H,1-2H3,(H2,19,20,21,22). The molecule has 114 valence electrons. The molecule has 0 aliphatic rings. The molecule has 3 nitrogen and oxygen atoms in total. The number of carbonyl (C=O) groups excluding carboxylic acids is 1. The second kappa shape index (κ2) is 7.69. The van der Waals surface area contributed by atoms with Crippen LogP contribution >= 0.6 is 34.8 Å². The van der Waals surface area contributed by atoms with Crippen LogP contribution in [0.1, 0.15) is 35.7 Å². The second-order valence-electron chi connectivity index (χ2n) is 5.13. The van der Waals surface area contributed by atoms with E-state index in [1.165, 1.54) is 0 Å². The summed E-state index contributed by atoms with van der Waals surface area (Å²) in [4.78, 5) is 12.2. The van der Waals surface area contributed by atoms with Crippen LogP contribution in [0.25, 0.3) is 0 Å². The maximum absolute atomic E-state index is 12.2. The van der Waals surface area contributed by atoms with E-state index in [1.807, 2.05) is 36.4 Å². The maximum atomic E-state index is 12.2. The van der Waals surface area contributed by atoms with Crippen LogP contribution in [0.2, 0.25) is 0 Å². The topological polar surface area (TPSA) is 41.1 Å². The summed E-state index contributed by atoms with van der Waals surface area (Å²) in [5.74, 6) is 0.168. The number of amides is 1. The van der Waals surface area contributed by atoms with Crippen molar-refractivity contribution in [3.05, 3.63) is 63.2 Å². The summed E-state index contributed by atoms with van der Waals surface area (Å²) in [5.41, 5.74) is 2.70. The molecule has 0 saturated heterocycles. The molecular formula is C17H17IN2OS. The van der Waals surface area contributed by atoms with Gasteiger partial charge in [0.05, 0.1) is 5.56 Å². The SMILES string of the molecule is CC(C)c1ccccc1NC(=S)NC(=O)c1ccccc1I. The fraction of sp³-hybridized carbons (Fsp3) is 0.176. The van der Waals surface area contributed by atoms with Crippen molar-refractivity contribution in [1.29, 1.82) is 0 Å². The van der Waals surface area contributed by atoms with Crippen molar-refractivity contribution >= 4 is 51.5 Å².